The van der Waals surface area contributed by atoms with Crippen LogP contribution in [0.3, 0.4) is 0 Å². The number of hydrogen-bond acceptors (Lipinski definition) is 4. The topological polar surface area (TPSA) is 66.1 Å². The molecule has 0 unspecified atom stereocenters. The Morgan fingerprint density at radius 3 is 2.92 bits per heavy atom. The lowest BCUT2D eigenvalue weighted by Crippen LogP contribution is -1.99. The highest BCUT2D eigenvalue weighted by atomic mass is 16.5. The number of nitrogens with zero attached hydrogens (tertiary/aromatic N) is 2. The molecule has 1 N–H and O–H groups in total. The fourth-order valence-electron chi connectivity index (χ4n) is 0.786. The molecule has 1 heterocycles. The van der Waals surface area contributed by atoms with Gasteiger partial charge in [0.1, 0.15) is 17.5 Å². The van der Waals surface area contributed by atoms with Gasteiger partial charge in [0.05, 0.1) is 12.8 Å². The van der Waals surface area contributed by atoms with E-state index in [1.54, 1.807) is 12.1 Å². The second-order valence-electron chi connectivity index (χ2n) is 2.42. The summed E-state index contributed by atoms with van der Waals surface area (Å²) in [6.07, 6.45) is 2.09. The second kappa shape index (κ2) is 5.12. The summed E-state index contributed by atoms with van der Waals surface area (Å²) in [6.45, 7) is 0.577. The number of ether oxygens (including phenoxy) is 1. The van der Waals surface area contributed by atoms with E-state index < -0.39 is 0 Å². The van der Waals surface area contributed by atoms with Gasteiger partial charge in [-0.1, -0.05) is 0 Å². The lowest BCUT2D eigenvalue weighted by atomic mass is 10.3. The molecule has 0 fully saturated rings. The van der Waals surface area contributed by atoms with E-state index in [2.05, 4.69) is 4.98 Å². The zero-order valence-corrected chi connectivity index (χ0v) is 7.10. The Morgan fingerprint density at radius 1 is 1.54 bits per heavy atom. The maximum absolute atomic E-state index is 8.49. The van der Waals surface area contributed by atoms with E-state index in [1.165, 1.54) is 6.20 Å². The number of aliphatic hydroxyl groups is 1. The van der Waals surface area contributed by atoms with Crippen LogP contribution in [0.1, 0.15) is 12.1 Å². The molecule has 0 radical (unpaired) electrons. The monoisotopic (exact) mass is 178 g/mol. The van der Waals surface area contributed by atoms with Gasteiger partial charge in [0.15, 0.2) is 0 Å². The van der Waals surface area contributed by atoms with Crippen molar-refractivity contribution in [3.05, 3.63) is 24.0 Å². The molecule has 0 atom stereocenters. The van der Waals surface area contributed by atoms with Crippen molar-refractivity contribution in [1.29, 1.82) is 5.26 Å². The molecule has 1 aromatic heterocycles. The number of rotatable bonds is 4. The molecule has 0 bridgehead atoms. The van der Waals surface area contributed by atoms with Crippen LogP contribution < -0.4 is 4.74 Å². The van der Waals surface area contributed by atoms with Crippen LogP contribution in [0.2, 0.25) is 0 Å². The Hall–Kier alpha value is -1.60. The van der Waals surface area contributed by atoms with Crippen LogP contribution >= 0.6 is 0 Å². The highest BCUT2D eigenvalue weighted by Gasteiger charge is 1.94. The van der Waals surface area contributed by atoms with Crippen LogP contribution in [0.5, 0.6) is 5.75 Å². The second-order valence-corrected chi connectivity index (χ2v) is 2.42. The minimum Gasteiger partial charge on any atom is -0.492 e. The van der Waals surface area contributed by atoms with Gasteiger partial charge in [-0.15, -0.1) is 0 Å². The van der Waals surface area contributed by atoms with E-state index in [-0.39, 0.29) is 6.61 Å². The summed E-state index contributed by atoms with van der Waals surface area (Å²) in [5.74, 6) is 0.618. The summed E-state index contributed by atoms with van der Waals surface area (Å²) in [5, 5.41) is 16.9. The third-order valence-electron chi connectivity index (χ3n) is 1.42. The molecule has 13 heavy (non-hydrogen) atoms. The summed E-state index contributed by atoms with van der Waals surface area (Å²) in [4.78, 5) is 3.83. The third-order valence-corrected chi connectivity index (χ3v) is 1.42. The molecule has 4 heteroatoms. The van der Waals surface area contributed by atoms with Crippen molar-refractivity contribution >= 4 is 0 Å². The predicted molar refractivity (Wildman–Crippen MR) is 46.1 cm³/mol. The summed E-state index contributed by atoms with van der Waals surface area (Å²) in [7, 11) is 0. The van der Waals surface area contributed by atoms with Crippen molar-refractivity contribution in [2.24, 2.45) is 0 Å². The fraction of sp³-hybridized carbons (Fsp3) is 0.333. The van der Waals surface area contributed by atoms with Gasteiger partial charge < -0.3 is 9.84 Å². The first-order valence-electron chi connectivity index (χ1n) is 3.96. The Labute approximate surface area is 76.4 Å². The van der Waals surface area contributed by atoms with Crippen molar-refractivity contribution in [1.82, 2.24) is 4.98 Å². The lowest BCUT2D eigenvalue weighted by molar-refractivity contribution is 0.233. The van der Waals surface area contributed by atoms with Crippen LogP contribution in [-0.2, 0) is 0 Å². The van der Waals surface area contributed by atoms with Gasteiger partial charge in [-0.2, -0.15) is 5.26 Å². The molecule has 0 aliphatic rings. The Bertz CT molecular complexity index is 289. The molecule has 68 valence electrons. The normalized spacial score (nSPS) is 9.23. The van der Waals surface area contributed by atoms with Crippen LogP contribution in [0.4, 0.5) is 0 Å². The smallest absolute Gasteiger partial charge is 0.140 e. The SMILES string of the molecule is N#Cc1ccc(OCCCO)cn1. The molecule has 1 aromatic rings. The van der Waals surface area contributed by atoms with Crippen LogP contribution in [0.25, 0.3) is 0 Å². The van der Waals surface area contributed by atoms with Gasteiger partial charge >= 0.3 is 0 Å². The van der Waals surface area contributed by atoms with Gasteiger partial charge in [0.25, 0.3) is 0 Å². The van der Waals surface area contributed by atoms with Crippen LogP contribution in [0.15, 0.2) is 18.3 Å². The van der Waals surface area contributed by atoms with Crippen molar-refractivity contribution in [3.8, 4) is 11.8 Å². The molecule has 0 saturated carbocycles. The van der Waals surface area contributed by atoms with E-state index >= 15 is 0 Å². The summed E-state index contributed by atoms with van der Waals surface area (Å²) >= 11 is 0. The maximum atomic E-state index is 8.49. The molecule has 4 nitrogen and oxygen atoms in total. The van der Waals surface area contributed by atoms with E-state index in [0.717, 1.165) is 0 Å². The van der Waals surface area contributed by atoms with Gasteiger partial charge in [0, 0.05) is 13.0 Å². The van der Waals surface area contributed by atoms with Gasteiger partial charge in [-0.05, 0) is 12.1 Å². The Kier molecular flexibility index (Phi) is 3.74. The van der Waals surface area contributed by atoms with E-state index in [1.807, 2.05) is 6.07 Å². The predicted octanol–water partition coefficient (Wildman–Crippen LogP) is 0.714. The lowest BCUT2D eigenvalue weighted by Gasteiger charge is -2.03. The Balaban J connectivity index is 2.46. The minimum absolute atomic E-state index is 0.115. The van der Waals surface area contributed by atoms with Crippen LogP contribution in [-0.4, -0.2) is 23.3 Å². The first-order chi connectivity index (χ1) is 6.36. The van der Waals surface area contributed by atoms with Crippen molar-refractivity contribution in [2.45, 2.75) is 6.42 Å². The van der Waals surface area contributed by atoms with Gasteiger partial charge in [-0.3, -0.25) is 0 Å². The molecule has 1 rings (SSSR count). The molecular formula is C9H10N2O2. The summed E-state index contributed by atoms with van der Waals surface area (Å²) < 4.78 is 5.21. The number of aromatic nitrogens is 1. The van der Waals surface area contributed by atoms with Gasteiger partial charge in [0.2, 0.25) is 0 Å². The molecule has 0 saturated heterocycles. The number of nitriles is 1. The van der Waals surface area contributed by atoms with Crippen molar-refractivity contribution in [2.75, 3.05) is 13.2 Å². The average molecular weight is 178 g/mol. The maximum Gasteiger partial charge on any atom is 0.140 e. The third kappa shape index (κ3) is 3.09. The highest BCUT2D eigenvalue weighted by Crippen LogP contribution is 2.08. The van der Waals surface area contributed by atoms with E-state index in [9.17, 15) is 0 Å². The van der Waals surface area contributed by atoms with Crippen molar-refractivity contribution < 1.29 is 9.84 Å². The molecular weight excluding hydrogens is 168 g/mol. The zero-order valence-electron chi connectivity index (χ0n) is 7.10. The first-order valence-corrected chi connectivity index (χ1v) is 3.96. The zero-order chi connectivity index (χ0) is 9.52. The summed E-state index contributed by atoms with van der Waals surface area (Å²) in [6, 6.07) is 5.19. The number of aliphatic hydroxyl groups excluding tert-OH is 1. The van der Waals surface area contributed by atoms with Crippen LogP contribution in [0, 0.1) is 11.3 Å². The number of pyridine rings is 1. The quantitative estimate of drug-likeness (QED) is 0.690. The molecule has 0 aliphatic carbocycles. The summed E-state index contributed by atoms with van der Waals surface area (Å²) in [5.41, 5.74) is 0.370. The highest BCUT2D eigenvalue weighted by molar-refractivity contribution is 5.26. The van der Waals surface area contributed by atoms with Gasteiger partial charge in [-0.25, -0.2) is 4.98 Å². The standard InChI is InChI=1S/C9H10N2O2/c10-6-8-2-3-9(7-11-8)13-5-1-4-12/h2-3,7,12H,1,4-5H2. The first kappa shape index (κ1) is 9.49. The fourth-order valence-corrected chi connectivity index (χ4v) is 0.786. The largest absolute Gasteiger partial charge is 0.492 e. The molecule has 0 aliphatic heterocycles. The van der Waals surface area contributed by atoms with E-state index in [4.69, 9.17) is 15.1 Å². The minimum atomic E-state index is 0.115. The number of hydrogen-bond donors (Lipinski definition) is 1. The molecule has 0 spiro atoms. The van der Waals surface area contributed by atoms with E-state index in [0.29, 0.717) is 24.5 Å². The average Bonchev–Trinajstić information content (AvgIpc) is 2.19. The molecule has 0 aromatic carbocycles. The Morgan fingerprint density at radius 2 is 2.38 bits per heavy atom. The van der Waals surface area contributed by atoms with Crippen molar-refractivity contribution in [3.63, 3.8) is 0 Å². The molecule has 0 amide bonds.